The van der Waals surface area contributed by atoms with Gasteiger partial charge in [0.25, 0.3) is 5.69 Å². The Balaban J connectivity index is 1.63. The molecule has 0 bridgehead atoms. The first-order chi connectivity index (χ1) is 13.6. The van der Waals surface area contributed by atoms with E-state index in [0.29, 0.717) is 5.75 Å². The molecule has 4 rings (SSSR count). The Morgan fingerprint density at radius 3 is 2.54 bits per heavy atom. The quantitative estimate of drug-likeness (QED) is 0.247. The Hall–Kier alpha value is -2.73. The van der Waals surface area contributed by atoms with Crippen molar-refractivity contribution in [2.24, 2.45) is 0 Å². The summed E-state index contributed by atoms with van der Waals surface area (Å²) in [7, 11) is 0. The van der Waals surface area contributed by atoms with E-state index in [1.807, 2.05) is 0 Å². The van der Waals surface area contributed by atoms with Gasteiger partial charge in [-0.05, 0) is 43.7 Å². The molecular weight excluding hydrogens is 370 g/mol. The zero-order valence-electron chi connectivity index (χ0n) is 15.7. The summed E-state index contributed by atoms with van der Waals surface area (Å²) >= 11 is 1.58. The summed E-state index contributed by atoms with van der Waals surface area (Å²) in [5.41, 5.74) is 7.07. The zero-order chi connectivity index (χ0) is 19.5. The number of aryl methyl sites for hydroxylation is 2. The molecule has 0 radical (unpaired) electrons. The average molecular weight is 391 g/mol. The van der Waals surface area contributed by atoms with Crippen molar-refractivity contribution < 1.29 is 4.92 Å². The molecule has 0 amide bonds. The van der Waals surface area contributed by atoms with Gasteiger partial charge in [-0.25, -0.2) is 9.97 Å². The van der Waals surface area contributed by atoms with E-state index < -0.39 is 0 Å². The van der Waals surface area contributed by atoms with Crippen LogP contribution in [-0.2, 0) is 18.6 Å². The van der Waals surface area contributed by atoms with Gasteiger partial charge in [-0.1, -0.05) is 48.2 Å². The Bertz CT molecular complexity index is 1020. The highest BCUT2D eigenvalue weighted by Crippen LogP contribution is 2.33. The van der Waals surface area contributed by atoms with Gasteiger partial charge in [0.2, 0.25) is 0 Å². The molecule has 0 saturated carbocycles. The fraction of sp³-hybridized carbons (Fsp3) is 0.273. The molecule has 6 heteroatoms. The van der Waals surface area contributed by atoms with E-state index in [0.717, 1.165) is 29.3 Å². The van der Waals surface area contributed by atoms with Crippen LogP contribution in [0.5, 0.6) is 0 Å². The molecule has 28 heavy (non-hydrogen) atoms. The minimum Gasteiger partial charge on any atom is -0.258 e. The van der Waals surface area contributed by atoms with Crippen molar-refractivity contribution in [1.29, 1.82) is 0 Å². The highest BCUT2D eigenvalue weighted by Gasteiger charge is 2.20. The van der Waals surface area contributed by atoms with Crippen LogP contribution in [0.2, 0.25) is 0 Å². The van der Waals surface area contributed by atoms with E-state index in [1.54, 1.807) is 36.0 Å². The van der Waals surface area contributed by atoms with E-state index in [-0.39, 0.29) is 10.6 Å². The molecule has 0 saturated heterocycles. The van der Waals surface area contributed by atoms with Crippen molar-refractivity contribution in [3.8, 4) is 11.3 Å². The summed E-state index contributed by atoms with van der Waals surface area (Å²) in [6.07, 6.45) is 4.39. The highest BCUT2D eigenvalue weighted by atomic mass is 32.2. The van der Waals surface area contributed by atoms with Gasteiger partial charge in [-0.3, -0.25) is 10.1 Å². The third kappa shape index (κ3) is 3.92. The molecule has 0 spiro atoms. The van der Waals surface area contributed by atoms with Crippen LogP contribution in [0.4, 0.5) is 5.69 Å². The Morgan fingerprint density at radius 1 is 1.04 bits per heavy atom. The number of benzene rings is 2. The van der Waals surface area contributed by atoms with E-state index >= 15 is 0 Å². The lowest BCUT2D eigenvalue weighted by Crippen LogP contribution is -2.10. The van der Waals surface area contributed by atoms with Gasteiger partial charge in [-0.15, -0.1) is 0 Å². The fourth-order valence-corrected chi connectivity index (χ4v) is 4.38. The zero-order valence-corrected chi connectivity index (χ0v) is 16.5. The van der Waals surface area contributed by atoms with Crippen molar-refractivity contribution in [2.75, 3.05) is 0 Å². The molecule has 2 aromatic carbocycles. The monoisotopic (exact) mass is 391 g/mol. The summed E-state index contributed by atoms with van der Waals surface area (Å²) in [6.45, 7) is 2.12. The van der Waals surface area contributed by atoms with Gasteiger partial charge in [-0.2, -0.15) is 0 Å². The summed E-state index contributed by atoms with van der Waals surface area (Å²) in [6, 6.07) is 15.1. The minimum absolute atomic E-state index is 0.112. The minimum atomic E-state index is -0.377. The second kappa shape index (κ2) is 8.10. The molecule has 1 heterocycles. The number of aromatic nitrogens is 2. The SMILES string of the molecule is Cc1ccccc1-c1nc(SCc2ccc([N+](=O)[O-])cc2)nc2c1CCCC2. The van der Waals surface area contributed by atoms with Crippen molar-refractivity contribution >= 4 is 17.4 Å². The first-order valence-corrected chi connectivity index (χ1v) is 10.4. The second-order valence-corrected chi connectivity index (χ2v) is 7.96. The van der Waals surface area contributed by atoms with Gasteiger partial charge in [0, 0.05) is 34.7 Å². The number of non-ortho nitro benzene ring substituents is 1. The smallest absolute Gasteiger partial charge is 0.258 e. The maximum Gasteiger partial charge on any atom is 0.269 e. The molecule has 1 aliphatic rings. The third-order valence-electron chi connectivity index (χ3n) is 5.08. The number of nitrogens with zero attached hydrogens (tertiary/aromatic N) is 3. The predicted octanol–water partition coefficient (Wildman–Crippen LogP) is 5.53. The number of hydrogen-bond acceptors (Lipinski definition) is 5. The fourth-order valence-electron chi connectivity index (χ4n) is 3.56. The van der Waals surface area contributed by atoms with Crippen LogP contribution >= 0.6 is 11.8 Å². The van der Waals surface area contributed by atoms with Crippen LogP contribution in [0.3, 0.4) is 0 Å². The molecule has 3 aromatic rings. The van der Waals surface area contributed by atoms with E-state index in [4.69, 9.17) is 9.97 Å². The number of nitro groups is 1. The van der Waals surface area contributed by atoms with Crippen LogP contribution in [-0.4, -0.2) is 14.9 Å². The van der Waals surface area contributed by atoms with Crippen molar-refractivity contribution in [1.82, 2.24) is 9.97 Å². The maximum absolute atomic E-state index is 10.8. The van der Waals surface area contributed by atoms with Gasteiger partial charge in [0.05, 0.1) is 10.6 Å². The molecule has 142 valence electrons. The maximum atomic E-state index is 10.8. The number of nitro benzene ring substituents is 1. The van der Waals surface area contributed by atoms with Crippen LogP contribution < -0.4 is 0 Å². The van der Waals surface area contributed by atoms with E-state index in [2.05, 4.69) is 31.2 Å². The largest absolute Gasteiger partial charge is 0.269 e. The number of thioether (sulfide) groups is 1. The van der Waals surface area contributed by atoms with Crippen molar-refractivity contribution in [2.45, 2.75) is 43.5 Å². The number of rotatable bonds is 5. The Labute approximate surface area is 168 Å². The molecule has 1 aromatic heterocycles. The van der Waals surface area contributed by atoms with Crippen LogP contribution in [0.15, 0.2) is 53.7 Å². The Morgan fingerprint density at radius 2 is 1.79 bits per heavy atom. The Kier molecular flexibility index (Phi) is 5.39. The van der Waals surface area contributed by atoms with Crippen LogP contribution in [0, 0.1) is 17.0 Å². The summed E-state index contributed by atoms with van der Waals surface area (Å²) in [5, 5.41) is 11.6. The molecule has 0 aliphatic heterocycles. The third-order valence-corrected chi connectivity index (χ3v) is 6.00. The summed E-state index contributed by atoms with van der Waals surface area (Å²) in [4.78, 5) is 20.2. The first kappa shape index (κ1) is 18.6. The molecule has 5 nitrogen and oxygen atoms in total. The molecule has 0 fully saturated rings. The summed E-state index contributed by atoms with van der Waals surface area (Å²) in [5.74, 6) is 0.685. The molecule has 0 atom stereocenters. The lowest BCUT2D eigenvalue weighted by Gasteiger charge is -2.20. The highest BCUT2D eigenvalue weighted by molar-refractivity contribution is 7.98. The predicted molar refractivity (Wildman–Crippen MR) is 112 cm³/mol. The van der Waals surface area contributed by atoms with Gasteiger partial charge in [0.15, 0.2) is 5.16 Å². The topological polar surface area (TPSA) is 68.9 Å². The van der Waals surface area contributed by atoms with E-state index in [9.17, 15) is 10.1 Å². The average Bonchev–Trinajstić information content (AvgIpc) is 2.72. The summed E-state index contributed by atoms with van der Waals surface area (Å²) < 4.78 is 0. The van der Waals surface area contributed by atoms with E-state index in [1.165, 1.54) is 35.2 Å². The van der Waals surface area contributed by atoms with Crippen LogP contribution in [0.1, 0.15) is 35.2 Å². The first-order valence-electron chi connectivity index (χ1n) is 9.44. The number of fused-ring (bicyclic) bond motifs is 1. The van der Waals surface area contributed by atoms with Gasteiger partial charge < -0.3 is 0 Å². The molecule has 0 N–H and O–H groups in total. The molecule has 1 aliphatic carbocycles. The lowest BCUT2D eigenvalue weighted by atomic mass is 9.91. The molecule has 0 unspecified atom stereocenters. The van der Waals surface area contributed by atoms with Crippen molar-refractivity contribution in [3.63, 3.8) is 0 Å². The lowest BCUT2D eigenvalue weighted by molar-refractivity contribution is -0.384. The van der Waals surface area contributed by atoms with Gasteiger partial charge >= 0.3 is 0 Å². The van der Waals surface area contributed by atoms with Crippen LogP contribution in [0.25, 0.3) is 11.3 Å². The second-order valence-electron chi connectivity index (χ2n) is 7.01. The normalized spacial score (nSPS) is 13.2. The standard InChI is InChI=1S/C22H21N3O2S/c1-15-6-2-3-7-18(15)21-19-8-4-5-9-20(19)23-22(24-21)28-14-16-10-12-17(13-11-16)25(26)27/h2-3,6-7,10-13H,4-5,8-9,14H2,1H3. The molecular formula is C22H21N3O2S. The van der Waals surface area contributed by atoms with Gasteiger partial charge in [0.1, 0.15) is 0 Å². The van der Waals surface area contributed by atoms with Crippen molar-refractivity contribution in [3.05, 3.63) is 81.0 Å². The number of hydrogen-bond donors (Lipinski definition) is 0.